The summed E-state index contributed by atoms with van der Waals surface area (Å²) in [4.78, 5) is 10.8. The van der Waals surface area contributed by atoms with Crippen molar-refractivity contribution in [1.82, 2.24) is 15.5 Å². The highest BCUT2D eigenvalue weighted by molar-refractivity contribution is 5.90. The SMILES string of the molecule is NC(=O)c1ccc(OCCC2CCCNC2)nn1. The summed E-state index contributed by atoms with van der Waals surface area (Å²) in [5.74, 6) is 0.530. The zero-order valence-electron chi connectivity index (χ0n) is 10.3. The molecule has 1 aromatic heterocycles. The predicted octanol–water partition coefficient (Wildman–Crippen LogP) is 0.344. The van der Waals surface area contributed by atoms with Gasteiger partial charge in [-0.1, -0.05) is 0 Å². The number of rotatable bonds is 5. The normalized spacial score (nSPS) is 19.4. The Bertz CT molecular complexity index is 388. The Labute approximate surface area is 106 Å². The molecule has 0 spiro atoms. The summed E-state index contributed by atoms with van der Waals surface area (Å²) in [6, 6.07) is 3.14. The number of amides is 1. The Hall–Kier alpha value is -1.69. The summed E-state index contributed by atoms with van der Waals surface area (Å²) in [7, 11) is 0. The number of ether oxygens (including phenoxy) is 1. The first-order chi connectivity index (χ1) is 8.75. The minimum atomic E-state index is -0.581. The van der Waals surface area contributed by atoms with Crippen molar-refractivity contribution in [2.75, 3.05) is 19.7 Å². The van der Waals surface area contributed by atoms with Gasteiger partial charge in [-0.3, -0.25) is 4.79 Å². The van der Waals surface area contributed by atoms with E-state index in [0.29, 0.717) is 18.4 Å². The maximum atomic E-state index is 10.8. The summed E-state index contributed by atoms with van der Waals surface area (Å²) in [5, 5.41) is 10.8. The Morgan fingerprint density at radius 1 is 1.50 bits per heavy atom. The van der Waals surface area contributed by atoms with Crippen LogP contribution in [0.1, 0.15) is 29.8 Å². The van der Waals surface area contributed by atoms with Gasteiger partial charge in [0.1, 0.15) is 0 Å². The molecule has 18 heavy (non-hydrogen) atoms. The number of hydrogen-bond acceptors (Lipinski definition) is 5. The van der Waals surface area contributed by atoms with Gasteiger partial charge in [-0.25, -0.2) is 0 Å². The fraction of sp³-hybridized carbons (Fsp3) is 0.583. The number of nitrogens with two attached hydrogens (primary N) is 1. The van der Waals surface area contributed by atoms with Crippen LogP contribution >= 0.6 is 0 Å². The first kappa shape index (κ1) is 12.8. The van der Waals surface area contributed by atoms with Crippen LogP contribution in [0.15, 0.2) is 12.1 Å². The molecule has 3 N–H and O–H groups in total. The number of primary amides is 1. The molecule has 1 aromatic rings. The van der Waals surface area contributed by atoms with Crippen LogP contribution < -0.4 is 15.8 Å². The first-order valence-corrected chi connectivity index (χ1v) is 6.23. The van der Waals surface area contributed by atoms with Gasteiger partial charge in [0.05, 0.1) is 6.61 Å². The second-order valence-corrected chi connectivity index (χ2v) is 4.47. The Balaban J connectivity index is 1.74. The van der Waals surface area contributed by atoms with Crippen LogP contribution in [0.5, 0.6) is 5.88 Å². The van der Waals surface area contributed by atoms with Gasteiger partial charge in [0, 0.05) is 6.07 Å². The minimum Gasteiger partial charge on any atom is -0.477 e. The number of carbonyl (C=O) groups is 1. The molecule has 1 atom stereocenters. The highest BCUT2D eigenvalue weighted by atomic mass is 16.5. The average Bonchev–Trinajstić information content (AvgIpc) is 2.40. The largest absolute Gasteiger partial charge is 0.477 e. The van der Waals surface area contributed by atoms with E-state index >= 15 is 0 Å². The highest BCUT2D eigenvalue weighted by Gasteiger charge is 2.12. The molecule has 0 aliphatic carbocycles. The Kier molecular flexibility index (Phi) is 4.46. The van der Waals surface area contributed by atoms with Crippen molar-refractivity contribution in [3.05, 3.63) is 17.8 Å². The minimum absolute atomic E-state index is 0.152. The fourth-order valence-corrected chi connectivity index (χ4v) is 2.03. The van der Waals surface area contributed by atoms with Crippen LogP contribution in [0.25, 0.3) is 0 Å². The molecule has 2 heterocycles. The zero-order valence-corrected chi connectivity index (χ0v) is 10.3. The van der Waals surface area contributed by atoms with E-state index < -0.39 is 5.91 Å². The first-order valence-electron chi connectivity index (χ1n) is 6.23. The number of carbonyl (C=O) groups excluding carboxylic acids is 1. The van der Waals surface area contributed by atoms with Gasteiger partial charge in [-0.2, -0.15) is 0 Å². The smallest absolute Gasteiger partial charge is 0.269 e. The van der Waals surface area contributed by atoms with E-state index in [1.807, 2.05) is 0 Å². The van der Waals surface area contributed by atoms with Crippen molar-refractivity contribution in [3.63, 3.8) is 0 Å². The van der Waals surface area contributed by atoms with Gasteiger partial charge < -0.3 is 15.8 Å². The van der Waals surface area contributed by atoms with Gasteiger partial charge in [0.15, 0.2) is 5.69 Å². The second kappa shape index (κ2) is 6.30. The molecule has 2 rings (SSSR count). The molecular weight excluding hydrogens is 232 g/mol. The molecule has 1 aliphatic rings. The molecule has 1 fully saturated rings. The predicted molar refractivity (Wildman–Crippen MR) is 66.3 cm³/mol. The molecule has 0 bridgehead atoms. The molecule has 1 saturated heterocycles. The third kappa shape index (κ3) is 3.66. The van der Waals surface area contributed by atoms with Crippen LogP contribution in [0, 0.1) is 5.92 Å². The van der Waals surface area contributed by atoms with E-state index in [9.17, 15) is 4.79 Å². The molecule has 0 radical (unpaired) electrons. The quantitative estimate of drug-likeness (QED) is 0.786. The van der Waals surface area contributed by atoms with E-state index in [1.54, 1.807) is 6.07 Å². The van der Waals surface area contributed by atoms with Crippen molar-refractivity contribution in [3.8, 4) is 5.88 Å². The highest BCUT2D eigenvalue weighted by Crippen LogP contribution is 2.14. The lowest BCUT2D eigenvalue weighted by molar-refractivity contribution is 0.0994. The number of nitrogens with one attached hydrogen (secondary N) is 1. The third-order valence-electron chi connectivity index (χ3n) is 3.07. The Morgan fingerprint density at radius 2 is 2.39 bits per heavy atom. The van der Waals surface area contributed by atoms with E-state index in [0.717, 1.165) is 19.5 Å². The zero-order chi connectivity index (χ0) is 12.8. The molecule has 6 heteroatoms. The molecule has 98 valence electrons. The molecule has 6 nitrogen and oxygen atoms in total. The number of piperidine rings is 1. The number of hydrogen-bond donors (Lipinski definition) is 2. The van der Waals surface area contributed by atoms with Gasteiger partial charge in [-0.15, -0.1) is 10.2 Å². The standard InChI is InChI=1S/C12H18N4O2/c13-12(17)10-3-4-11(16-15-10)18-7-5-9-2-1-6-14-8-9/h3-4,9,14H,1-2,5-8H2,(H2,13,17). The summed E-state index contributed by atoms with van der Waals surface area (Å²) in [6.07, 6.45) is 3.49. The van der Waals surface area contributed by atoms with Crippen molar-refractivity contribution in [1.29, 1.82) is 0 Å². The van der Waals surface area contributed by atoms with Gasteiger partial charge in [0.25, 0.3) is 5.91 Å². The molecular formula is C12H18N4O2. The van der Waals surface area contributed by atoms with Crippen molar-refractivity contribution in [2.45, 2.75) is 19.3 Å². The molecule has 1 unspecified atom stereocenters. The molecule has 1 aliphatic heterocycles. The average molecular weight is 250 g/mol. The Morgan fingerprint density at radius 3 is 3.00 bits per heavy atom. The van der Waals surface area contributed by atoms with Crippen molar-refractivity contribution < 1.29 is 9.53 Å². The lowest BCUT2D eigenvalue weighted by Gasteiger charge is -2.22. The monoisotopic (exact) mass is 250 g/mol. The van der Waals surface area contributed by atoms with Gasteiger partial charge in [-0.05, 0) is 44.3 Å². The third-order valence-corrected chi connectivity index (χ3v) is 3.07. The van der Waals surface area contributed by atoms with Crippen molar-refractivity contribution in [2.24, 2.45) is 11.7 Å². The number of nitrogens with zero attached hydrogens (tertiary/aromatic N) is 2. The fourth-order valence-electron chi connectivity index (χ4n) is 2.03. The van der Waals surface area contributed by atoms with E-state index in [2.05, 4.69) is 15.5 Å². The van der Waals surface area contributed by atoms with Crippen LogP contribution in [0.2, 0.25) is 0 Å². The number of aromatic nitrogens is 2. The van der Waals surface area contributed by atoms with Gasteiger partial charge >= 0.3 is 0 Å². The van der Waals surface area contributed by atoms with Crippen molar-refractivity contribution >= 4 is 5.91 Å². The summed E-state index contributed by atoms with van der Waals surface area (Å²) >= 11 is 0. The van der Waals surface area contributed by atoms with Crippen LogP contribution in [0.3, 0.4) is 0 Å². The van der Waals surface area contributed by atoms with E-state index in [1.165, 1.54) is 18.9 Å². The van der Waals surface area contributed by atoms with Crippen LogP contribution in [0.4, 0.5) is 0 Å². The molecule has 1 amide bonds. The second-order valence-electron chi connectivity index (χ2n) is 4.47. The van der Waals surface area contributed by atoms with E-state index in [-0.39, 0.29) is 5.69 Å². The lowest BCUT2D eigenvalue weighted by Crippen LogP contribution is -2.30. The maximum absolute atomic E-state index is 10.8. The molecule has 0 saturated carbocycles. The summed E-state index contributed by atoms with van der Waals surface area (Å²) < 4.78 is 5.49. The summed E-state index contributed by atoms with van der Waals surface area (Å²) in [6.45, 7) is 2.81. The molecule has 0 aromatic carbocycles. The summed E-state index contributed by atoms with van der Waals surface area (Å²) in [5.41, 5.74) is 5.22. The lowest BCUT2D eigenvalue weighted by atomic mass is 9.97. The topological polar surface area (TPSA) is 90.1 Å². The van der Waals surface area contributed by atoms with Crippen LogP contribution in [-0.4, -0.2) is 35.8 Å². The van der Waals surface area contributed by atoms with E-state index in [4.69, 9.17) is 10.5 Å². The van der Waals surface area contributed by atoms with Crippen LogP contribution in [-0.2, 0) is 0 Å². The van der Waals surface area contributed by atoms with Gasteiger partial charge in [0.2, 0.25) is 5.88 Å². The maximum Gasteiger partial charge on any atom is 0.269 e.